The van der Waals surface area contributed by atoms with Crippen LogP contribution in [0.5, 0.6) is 0 Å². The molecule has 0 radical (unpaired) electrons. The van der Waals surface area contributed by atoms with Crippen molar-refractivity contribution >= 4 is 12.1 Å². The first-order valence-corrected chi connectivity index (χ1v) is 8.37. The first-order valence-electron chi connectivity index (χ1n) is 8.37. The van der Waals surface area contributed by atoms with Crippen LogP contribution in [0.2, 0.25) is 0 Å². The molecule has 8 heteroatoms. The summed E-state index contributed by atoms with van der Waals surface area (Å²) in [4.78, 5) is 31.6. The second-order valence-corrected chi connectivity index (χ2v) is 6.65. The van der Waals surface area contributed by atoms with Gasteiger partial charge in [0, 0.05) is 38.5 Å². The van der Waals surface area contributed by atoms with Gasteiger partial charge in [-0.05, 0) is 31.6 Å². The van der Waals surface area contributed by atoms with Crippen molar-refractivity contribution < 1.29 is 14.1 Å². The van der Waals surface area contributed by atoms with Crippen LogP contribution in [0, 0.1) is 5.92 Å². The molecular weight excluding hydrogens is 298 g/mol. The number of rotatable bonds is 3. The van der Waals surface area contributed by atoms with Gasteiger partial charge in [0.1, 0.15) is 0 Å². The molecule has 2 saturated heterocycles. The van der Waals surface area contributed by atoms with Crippen molar-refractivity contribution in [3.63, 3.8) is 0 Å². The second-order valence-electron chi connectivity index (χ2n) is 6.65. The van der Waals surface area contributed by atoms with E-state index >= 15 is 0 Å². The van der Waals surface area contributed by atoms with Gasteiger partial charge < -0.3 is 14.7 Å². The predicted molar refractivity (Wildman–Crippen MR) is 79.8 cm³/mol. The molecule has 1 unspecified atom stereocenters. The molecule has 3 fully saturated rings. The minimum absolute atomic E-state index is 0.186. The van der Waals surface area contributed by atoms with Crippen molar-refractivity contribution in [3.8, 4) is 0 Å². The number of likely N-dealkylation sites (tertiary alicyclic amines) is 1. The van der Waals surface area contributed by atoms with Crippen molar-refractivity contribution in [3.05, 3.63) is 11.7 Å². The SMILES string of the molecule is O=C1NCCN1C(=O)N1CCCC(Cc2nc(C3CC3)no2)C1. The number of nitrogens with one attached hydrogen (secondary N) is 1. The topological polar surface area (TPSA) is 91.6 Å². The summed E-state index contributed by atoms with van der Waals surface area (Å²) < 4.78 is 5.34. The third-order valence-electron chi connectivity index (χ3n) is 4.77. The maximum absolute atomic E-state index is 12.5. The quantitative estimate of drug-likeness (QED) is 0.908. The maximum atomic E-state index is 12.5. The van der Waals surface area contributed by atoms with E-state index in [0.29, 0.717) is 50.3 Å². The number of nitrogens with zero attached hydrogens (tertiary/aromatic N) is 4. The highest BCUT2D eigenvalue weighted by atomic mass is 16.5. The maximum Gasteiger partial charge on any atom is 0.328 e. The third-order valence-corrected chi connectivity index (χ3v) is 4.77. The number of imide groups is 1. The molecule has 1 saturated carbocycles. The van der Waals surface area contributed by atoms with Gasteiger partial charge in [0.2, 0.25) is 5.89 Å². The predicted octanol–water partition coefficient (Wildman–Crippen LogP) is 1.35. The number of aromatic nitrogens is 2. The van der Waals surface area contributed by atoms with E-state index in [2.05, 4.69) is 15.5 Å². The largest absolute Gasteiger partial charge is 0.339 e. The first-order chi connectivity index (χ1) is 11.2. The van der Waals surface area contributed by atoms with Crippen LogP contribution < -0.4 is 5.32 Å². The Kier molecular flexibility index (Phi) is 3.66. The van der Waals surface area contributed by atoms with Crippen LogP contribution in [0.1, 0.15) is 43.3 Å². The number of amides is 4. The molecule has 4 amide bonds. The normalized spacial score (nSPS) is 24.9. The number of carbonyl (C=O) groups is 2. The lowest BCUT2D eigenvalue weighted by molar-refractivity contribution is 0.137. The second kappa shape index (κ2) is 5.82. The van der Waals surface area contributed by atoms with Gasteiger partial charge in [-0.15, -0.1) is 0 Å². The minimum atomic E-state index is -0.289. The van der Waals surface area contributed by atoms with Crippen LogP contribution >= 0.6 is 0 Å². The van der Waals surface area contributed by atoms with E-state index in [0.717, 1.165) is 31.5 Å². The fourth-order valence-corrected chi connectivity index (χ4v) is 3.34. The first kappa shape index (κ1) is 14.5. The van der Waals surface area contributed by atoms with E-state index < -0.39 is 0 Å². The summed E-state index contributed by atoms with van der Waals surface area (Å²) in [6.45, 7) is 2.33. The molecule has 0 spiro atoms. The van der Waals surface area contributed by atoms with E-state index in [1.165, 1.54) is 4.90 Å². The fourth-order valence-electron chi connectivity index (χ4n) is 3.34. The Bertz CT molecular complexity index is 612. The number of carbonyl (C=O) groups excluding carboxylic acids is 2. The van der Waals surface area contributed by atoms with Crippen molar-refractivity contribution in [1.29, 1.82) is 0 Å². The molecule has 1 atom stereocenters. The summed E-state index contributed by atoms with van der Waals surface area (Å²) in [5.74, 6) is 2.30. The lowest BCUT2D eigenvalue weighted by Crippen LogP contribution is -2.48. The third kappa shape index (κ3) is 3.02. The van der Waals surface area contributed by atoms with Gasteiger partial charge in [-0.2, -0.15) is 4.98 Å². The molecule has 1 aromatic heterocycles. The average Bonchev–Trinajstić information content (AvgIpc) is 3.16. The Morgan fingerprint density at radius 2 is 2.17 bits per heavy atom. The van der Waals surface area contributed by atoms with E-state index in [1.807, 2.05) is 0 Å². The molecule has 3 aliphatic rings. The molecule has 3 heterocycles. The lowest BCUT2D eigenvalue weighted by atomic mass is 9.95. The zero-order valence-electron chi connectivity index (χ0n) is 13.0. The zero-order valence-corrected chi connectivity index (χ0v) is 13.0. The summed E-state index contributed by atoms with van der Waals surface area (Å²) in [5.41, 5.74) is 0. The highest BCUT2D eigenvalue weighted by Crippen LogP contribution is 2.38. The minimum Gasteiger partial charge on any atom is -0.339 e. The molecule has 1 N–H and O–H groups in total. The number of piperidine rings is 1. The van der Waals surface area contributed by atoms with E-state index in [-0.39, 0.29) is 12.1 Å². The Hall–Kier alpha value is -2.12. The molecule has 0 aromatic carbocycles. The van der Waals surface area contributed by atoms with Crippen molar-refractivity contribution in [1.82, 2.24) is 25.3 Å². The number of hydrogen-bond donors (Lipinski definition) is 1. The summed E-state index contributed by atoms with van der Waals surface area (Å²) in [5, 5.41) is 6.71. The van der Waals surface area contributed by atoms with Gasteiger partial charge in [-0.1, -0.05) is 5.16 Å². The molecule has 1 aliphatic carbocycles. The van der Waals surface area contributed by atoms with Crippen molar-refractivity contribution in [2.75, 3.05) is 26.2 Å². The zero-order chi connectivity index (χ0) is 15.8. The summed E-state index contributed by atoms with van der Waals surface area (Å²) in [6.07, 6.45) is 4.99. The highest BCUT2D eigenvalue weighted by molar-refractivity contribution is 5.94. The van der Waals surface area contributed by atoms with Gasteiger partial charge >= 0.3 is 12.1 Å². The summed E-state index contributed by atoms with van der Waals surface area (Å²) in [6, 6.07) is -0.475. The fraction of sp³-hybridized carbons (Fsp3) is 0.733. The smallest absolute Gasteiger partial charge is 0.328 e. The van der Waals surface area contributed by atoms with Crippen LogP contribution in [0.15, 0.2) is 4.52 Å². The summed E-state index contributed by atoms with van der Waals surface area (Å²) in [7, 11) is 0. The highest BCUT2D eigenvalue weighted by Gasteiger charge is 2.34. The Balaban J connectivity index is 1.36. The molecule has 124 valence electrons. The molecule has 8 nitrogen and oxygen atoms in total. The monoisotopic (exact) mass is 319 g/mol. The van der Waals surface area contributed by atoms with Gasteiger partial charge in [-0.25, -0.2) is 14.5 Å². The lowest BCUT2D eigenvalue weighted by Gasteiger charge is -2.33. The molecule has 1 aromatic rings. The van der Waals surface area contributed by atoms with Gasteiger partial charge in [0.05, 0.1) is 0 Å². The van der Waals surface area contributed by atoms with Crippen molar-refractivity contribution in [2.45, 2.75) is 38.0 Å². The number of hydrogen-bond acceptors (Lipinski definition) is 5. The van der Waals surface area contributed by atoms with Gasteiger partial charge in [0.15, 0.2) is 5.82 Å². The van der Waals surface area contributed by atoms with Crippen LogP contribution in [0.25, 0.3) is 0 Å². The molecule has 2 aliphatic heterocycles. The average molecular weight is 319 g/mol. The molecule has 23 heavy (non-hydrogen) atoms. The van der Waals surface area contributed by atoms with Crippen molar-refractivity contribution in [2.24, 2.45) is 5.92 Å². The molecule has 4 rings (SSSR count). The van der Waals surface area contributed by atoms with Gasteiger partial charge in [0.25, 0.3) is 0 Å². The van der Waals surface area contributed by atoms with E-state index in [9.17, 15) is 9.59 Å². The Morgan fingerprint density at radius 3 is 2.91 bits per heavy atom. The Morgan fingerprint density at radius 1 is 1.30 bits per heavy atom. The number of urea groups is 2. The van der Waals surface area contributed by atoms with Crippen LogP contribution in [-0.4, -0.2) is 58.2 Å². The van der Waals surface area contributed by atoms with E-state index in [4.69, 9.17) is 4.52 Å². The summed E-state index contributed by atoms with van der Waals surface area (Å²) >= 11 is 0. The van der Waals surface area contributed by atoms with Gasteiger partial charge in [-0.3, -0.25) is 0 Å². The van der Waals surface area contributed by atoms with Crippen LogP contribution in [0.4, 0.5) is 9.59 Å². The molecule has 0 bridgehead atoms. The Labute approximate surface area is 134 Å². The van der Waals surface area contributed by atoms with Crippen LogP contribution in [0.3, 0.4) is 0 Å². The van der Waals surface area contributed by atoms with Crippen LogP contribution in [-0.2, 0) is 6.42 Å². The van der Waals surface area contributed by atoms with E-state index in [1.54, 1.807) is 4.90 Å². The molecular formula is C15H21N5O3. The standard InChI is InChI=1S/C15H21N5O3/c21-14-16-5-7-20(14)15(22)19-6-1-2-10(9-19)8-12-17-13(18-23-12)11-3-4-11/h10-11H,1-9H2,(H,16,21).